The van der Waals surface area contributed by atoms with Gasteiger partial charge in [-0.25, -0.2) is 4.79 Å². The monoisotopic (exact) mass is 383 g/mol. The van der Waals surface area contributed by atoms with Gasteiger partial charge in [0.15, 0.2) is 0 Å². The molecule has 138 valence electrons. The molecule has 4 nitrogen and oxygen atoms in total. The van der Waals surface area contributed by atoms with Gasteiger partial charge in [-0.05, 0) is 18.9 Å². The summed E-state index contributed by atoms with van der Waals surface area (Å²) in [7, 11) is 1.37. The fourth-order valence-corrected chi connectivity index (χ4v) is 4.93. The van der Waals surface area contributed by atoms with Gasteiger partial charge in [-0.1, -0.05) is 56.5 Å². The van der Waals surface area contributed by atoms with Crippen molar-refractivity contribution in [1.29, 1.82) is 0 Å². The maximum absolute atomic E-state index is 13.3. The van der Waals surface area contributed by atoms with Gasteiger partial charge in [0.05, 0.1) is 7.11 Å². The van der Waals surface area contributed by atoms with Crippen molar-refractivity contribution in [3.8, 4) is 0 Å². The third-order valence-corrected chi connectivity index (χ3v) is 6.30. The molecule has 6 heteroatoms. The number of esters is 1. The predicted octanol–water partition coefficient (Wildman–Crippen LogP) is 4.67. The molecule has 1 heterocycles. The van der Waals surface area contributed by atoms with Crippen molar-refractivity contribution in [3.63, 3.8) is 0 Å². The van der Waals surface area contributed by atoms with E-state index in [1.807, 2.05) is 31.2 Å². The first kappa shape index (κ1) is 20.1. The van der Waals surface area contributed by atoms with E-state index in [0.717, 1.165) is 31.2 Å². The second kappa shape index (κ2) is 9.48. The summed E-state index contributed by atoms with van der Waals surface area (Å²) in [5.41, 5.74) is 0.874. The molecule has 3 unspecified atom stereocenters. The van der Waals surface area contributed by atoms with Gasteiger partial charge >= 0.3 is 5.97 Å². The standard InChI is InChI=1S/C19H26ClNO3S/c1-4-6-9-13(5-2)17(22)21-16(19(23)24-3)12-25-18(21)14-10-7-8-11-15(14)20/h7-8,10-11,13,16,18H,4-6,9,12H2,1-3H3. The minimum Gasteiger partial charge on any atom is -0.467 e. The smallest absolute Gasteiger partial charge is 0.329 e. The zero-order valence-electron chi connectivity index (χ0n) is 15.0. The molecule has 0 saturated carbocycles. The number of thioether (sulfide) groups is 1. The summed E-state index contributed by atoms with van der Waals surface area (Å²) in [6, 6.07) is 6.96. The Labute approximate surface area is 159 Å². The van der Waals surface area contributed by atoms with E-state index in [0.29, 0.717) is 10.8 Å². The zero-order valence-corrected chi connectivity index (χ0v) is 16.6. The average molecular weight is 384 g/mol. The Hall–Kier alpha value is -1.20. The van der Waals surface area contributed by atoms with Gasteiger partial charge in [-0.2, -0.15) is 0 Å². The summed E-state index contributed by atoms with van der Waals surface area (Å²) in [6.45, 7) is 4.14. The van der Waals surface area contributed by atoms with Crippen molar-refractivity contribution in [3.05, 3.63) is 34.9 Å². The molecular weight excluding hydrogens is 358 g/mol. The largest absolute Gasteiger partial charge is 0.467 e. The van der Waals surface area contributed by atoms with Gasteiger partial charge in [0, 0.05) is 22.3 Å². The van der Waals surface area contributed by atoms with Crippen LogP contribution in [0.15, 0.2) is 24.3 Å². The van der Waals surface area contributed by atoms with E-state index in [9.17, 15) is 9.59 Å². The Kier molecular flexibility index (Phi) is 7.63. The van der Waals surface area contributed by atoms with Crippen LogP contribution in [0.2, 0.25) is 5.02 Å². The van der Waals surface area contributed by atoms with Gasteiger partial charge in [0.1, 0.15) is 11.4 Å². The normalized spacial score (nSPS) is 21.2. The van der Waals surface area contributed by atoms with E-state index in [1.54, 1.807) is 16.7 Å². The Bertz CT molecular complexity index is 610. The second-order valence-electron chi connectivity index (χ2n) is 6.24. The number of carbonyl (C=O) groups is 2. The molecule has 25 heavy (non-hydrogen) atoms. The third-order valence-electron chi connectivity index (χ3n) is 4.65. The minimum atomic E-state index is -0.556. The average Bonchev–Trinajstić information content (AvgIpc) is 3.06. The molecule has 2 rings (SSSR count). The van der Waals surface area contributed by atoms with E-state index >= 15 is 0 Å². The molecule has 1 aromatic carbocycles. The number of unbranched alkanes of at least 4 members (excludes halogenated alkanes) is 1. The summed E-state index contributed by atoms with van der Waals surface area (Å²) >= 11 is 7.93. The highest BCUT2D eigenvalue weighted by molar-refractivity contribution is 7.99. The van der Waals surface area contributed by atoms with E-state index in [2.05, 4.69) is 6.92 Å². The van der Waals surface area contributed by atoms with Gasteiger partial charge in [-0.3, -0.25) is 4.79 Å². The molecule has 0 aliphatic carbocycles. The maximum atomic E-state index is 13.3. The van der Waals surface area contributed by atoms with Crippen LogP contribution in [0, 0.1) is 5.92 Å². The molecule has 0 spiro atoms. The van der Waals surface area contributed by atoms with E-state index < -0.39 is 6.04 Å². The molecule has 1 amide bonds. The quantitative estimate of drug-likeness (QED) is 0.642. The molecule has 3 atom stereocenters. The maximum Gasteiger partial charge on any atom is 0.329 e. The fourth-order valence-electron chi connectivity index (χ4n) is 3.17. The Balaban J connectivity index is 2.35. The van der Waals surface area contributed by atoms with Gasteiger partial charge in [0.2, 0.25) is 5.91 Å². The van der Waals surface area contributed by atoms with Crippen molar-refractivity contribution in [2.24, 2.45) is 5.92 Å². The highest BCUT2D eigenvalue weighted by Gasteiger charge is 2.44. The lowest BCUT2D eigenvalue weighted by atomic mass is 9.96. The van der Waals surface area contributed by atoms with Crippen LogP contribution in [0.1, 0.15) is 50.5 Å². The summed E-state index contributed by atoms with van der Waals surface area (Å²) in [5.74, 6) is 0.122. The van der Waals surface area contributed by atoms with Gasteiger partial charge < -0.3 is 9.64 Å². The number of ether oxygens (including phenoxy) is 1. The minimum absolute atomic E-state index is 0.0290. The third kappa shape index (κ3) is 4.50. The van der Waals surface area contributed by atoms with Crippen molar-refractivity contribution < 1.29 is 14.3 Å². The number of nitrogens with zero attached hydrogens (tertiary/aromatic N) is 1. The summed E-state index contributed by atoms with van der Waals surface area (Å²) in [5, 5.41) is 0.367. The second-order valence-corrected chi connectivity index (χ2v) is 7.76. The highest BCUT2D eigenvalue weighted by Crippen LogP contribution is 2.45. The molecule has 1 aliphatic heterocycles. The van der Waals surface area contributed by atoms with E-state index in [1.165, 1.54) is 7.11 Å². The number of amides is 1. The van der Waals surface area contributed by atoms with Gasteiger partial charge in [0.25, 0.3) is 0 Å². The Morgan fingerprint density at radius 2 is 2.08 bits per heavy atom. The van der Waals surface area contributed by atoms with Crippen LogP contribution in [0.25, 0.3) is 0 Å². The van der Waals surface area contributed by atoms with Crippen LogP contribution in [0.5, 0.6) is 0 Å². The molecular formula is C19H26ClNO3S. The van der Waals surface area contributed by atoms with E-state index in [-0.39, 0.29) is 23.2 Å². The lowest BCUT2D eigenvalue weighted by Gasteiger charge is -2.32. The fraction of sp³-hybridized carbons (Fsp3) is 0.579. The van der Waals surface area contributed by atoms with E-state index in [4.69, 9.17) is 16.3 Å². The van der Waals surface area contributed by atoms with Crippen molar-refractivity contribution in [1.82, 2.24) is 4.90 Å². The predicted molar refractivity (Wildman–Crippen MR) is 103 cm³/mol. The lowest BCUT2D eigenvalue weighted by Crippen LogP contribution is -2.46. The number of rotatable bonds is 7. The summed E-state index contributed by atoms with van der Waals surface area (Å²) in [4.78, 5) is 27.2. The summed E-state index contributed by atoms with van der Waals surface area (Å²) < 4.78 is 4.94. The van der Waals surface area contributed by atoms with Crippen molar-refractivity contribution in [2.45, 2.75) is 50.9 Å². The number of halogens is 1. The van der Waals surface area contributed by atoms with Crippen LogP contribution >= 0.6 is 23.4 Å². The first-order valence-electron chi connectivity index (χ1n) is 8.81. The topological polar surface area (TPSA) is 46.6 Å². The molecule has 0 bridgehead atoms. The van der Waals surface area contributed by atoms with Crippen LogP contribution in [0.4, 0.5) is 0 Å². The van der Waals surface area contributed by atoms with Crippen LogP contribution < -0.4 is 0 Å². The number of hydrogen-bond acceptors (Lipinski definition) is 4. The Morgan fingerprint density at radius 1 is 1.36 bits per heavy atom. The van der Waals surface area contributed by atoms with Crippen LogP contribution in [-0.2, 0) is 14.3 Å². The molecule has 0 radical (unpaired) electrons. The number of benzene rings is 1. The first-order chi connectivity index (χ1) is 12.0. The van der Waals surface area contributed by atoms with Crippen molar-refractivity contribution >= 4 is 35.2 Å². The molecule has 1 aliphatic rings. The molecule has 0 aromatic heterocycles. The zero-order chi connectivity index (χ0) is 18.4. The van der Waals surface area contributed by atoms with Crippen LogP contribution in [-0.4, -0.2) is 35.7 Å². The molecule has 1 fully saturated rings. The number of hydrogen-bond donors (Lipinski definition) is 0. The summed E-state index contributed by atoms with van der Waals surface area (Å²) in [6.07, 6.45) is 3.66. The molecule has 1 saturated heterocycles. The molecule has 1 aromatic rings. The highest BCUT2D eigenvalue weighted by atomic mass is 35.5. The van der Waals surface area contributed by atoms with Crippen LogP contribution in [0.3, 0.4) is 0 Å². The number of methoxy groups -OCH3 is 1. The van der Waals surface area contributed by atoms with Gasteiger partial charge in [-0.15, -0.1) is 11.8 Å². The number of carbonyl (C=O) groups excluding carboxylic acids is 2. The van der Waals surface area contributed by atoms with Crippen molar-refractivity contribution in [2.75, 3.05) is 12.9 Å². The Morgan fingerprint density at radius 3 is 2.68 bits per heavy atom. The lowest BCUT2D eigenvalue weighted by molar-refractivity contribution is -0.153. The molecule has 0 N–H and O–H groups in total. The first-order valence-corrected chi connectivity index (χ1v) is 10.2. The SMILES string of the molecule is CCCCC(CC)C(=O)N1C(C(=O)OC)CSC1c1ccccc1Cl.